The van der Waals surface area contributed by atoms with E-state index in [1.165, 1.54) is 11.3 Å². The molecule has 0 spiro atoms. The lowest BCUT2D eigenvalue weighted by atomic mass is 10.1. The molecule has 2 unspecified atom stereocenters. The maximum atomic E-state index is 12.5. The molecular weight excluding hydrogens is 372 g/mol. The SMILES string of the molecule is CCCC(C)c1nnc(NC(=O)C2CC(=O)N(c3ccc(Cl)cc3)C2)s1. The van der Waals surface area contributed by atoms with E-state index >= 15 is 0 Å². The molecule has 1 fully saturated rings. The largest absolute Gasteiger partial charge is 0.312 e. The summed E-state index contributed by atoms with van der Waals surface area (Å²) in [6.45, 7) is 4.59. The zero-order chi connectivity index (χ0) is 18.7. The number of halogens is 1. The Labute approximate surface area is 161 Å². The van der Waals surface area contributed by atoms with Gasteiger partial charge in [0.1, 0.15) is 5.01 Å². The van der Waals surface area contributed by atoms with Gasteiger partial charge >= 0.3 is 0 Å². The molecule has 3 rings (SSSR count). The number of nitrogens with zero attached hydrogens (tertiary/aromatic N) is 3. The van der Waals surface area contributed by atoms with E-state index in [1.807, 2.05) is 0 Å². The normalized spacial score (nSPS) is 18.2. The van der Waals surface area contributed by atoms with Crippen LogP contribution in [0, 0.1) is 5.92 Å². The number of hydrogen-bond donors (Lipinski definition) is 1. The maximum Gasteiger partial charge on any atom is 0.231 e. The van der Waals surface area contributed by atoms with Gasteiger partial charge in [-0.3, -0.25) is 9.59 Å². The van der Waals surface area contributed by atoms with Crippen molar-refractivity contribution in [3.63, 3.8) is 0 Å². The highest BCUT2D eigenvalue weighted by molar-refractivity contribution is 7.15. The Bertz CT molecular complexity index is 793. The maximum absolute atomic E-state index is 12.5. The van der Waals surface area contributed by atoms with E-state index in [0.717, 1.165) is 23.5 Å². The molecule has 2 heterocycles. The summed E-state index contributed by atoms with van der Waals surface area (Å²) in [5, 5.41) is 13.1. The van der Waals surface area contributed by atoms with E-state index in [0.29, 0.717) is 22.6 Å². The summed E-state index contributed by atoms with van der Waals surface area (Å²) in [6, 6.07) is 7.04. The molecule has 1 aliphatic heterocycles. The van der Waals surface area contributed by atoms with E-state index < -0.39 is 5.92 Å². The van der Waals surface area contributed by atoms with Gasteiger partial charge in [0.25, 0.3) is 0 Å². The highest BCUT2D eigenvalue weighted by Gasteiger charge is 2.35. The molecule has 138 valence electrons. The highest BCUT2D eigenvalue weighted by atomic mass is 35.5. The van der Waals surface area contributed by atoms with Crippen LogP contribution >= 0.6 is 22.9 Å². The third-order valence-corrected chi connectivity index (χ3v) is 5.77. The fraction of sp³-hybridized carbons (Fsp3) is 0.444. The van der Waals surface area contributed by atoms with E-state index in [9.17, 15) is 9.59 Å². The summed E-state index contributed by atoms with van der Waals surface area (Å²) in [4.78, 5) is 26.4. The van der Waals surface area contributed by atoms with Gasteiger partial charge in [0.05, 0.1) is 5.92 Å². The molecule has 1 aliphatic rings. The first-order valence-electron chi connectivity index (χ1n) is 8.68. The first kappa shape index (κ1) is 18.8. The molecule has 8 heteroatoms. The predicted octanol–water partition coefficient (Wildman–Crippen LogP) is 4.09. The molecule has 2 amide bonds. The Hall–Kier alpha value is -1.99. The van der Waals surface area contributed by atoms with Gasteiger partial charge in [-0.15, -0.1) is 10.2 Å². The molecule has 6 nitrogen and oxygen atoms in total. The molecule has 1 N–H and O–H groups in total. The molecule has 1 aromatic heterocycles. The number of carbonyl (C=O) groups excluding carboxylic acids is 2. The van der Waals surface area contributed by atoms with Crippen molar-refractivity contribution in [2.24, 2.45) is 5.92 Å². The topological polar surface area (TPSA) is 75.2 Å². The van der Waals surface area contributed by atoms with Gasteiger partial charge in [0.2, 0.25) is 16.9 Å². The van der Waals surface area contributed by atoms with Crippen LogP contribution in [0.5, 0.6) is 0 Å². The van der Waals surface area contributed by atoms with E-state index in [1.54, 1.807) is 29.2 Å². The van der Waals surface area contributed by atoms with Crippen LogP contribution in [0.25, 0.3) is 0 Å². The minimum atomic E-state index is -0.404. The monoisotopic (exact) mass is 392 g/mol. The second-order valence-corrected chi connectivity index (χ2v) is 7.95. The molecule has 1 aromatic carbocycles. The third-order valence-electron chi connectivity index (χ3n) is 4.45. The Morgan fingerprint density at radius 1 is 1.38 bits per heavy atom. The molecule has 2 aromatic rings. The second-order valence-electron chi connectivity index (χ2n) is 6.51. The lowest BCUT2D eigenvalue weighted by molar-refractivity contribution is -0.122. The molecule has 2 atom stereocenters. The fourth-order valence-corrected chi connectivity index (χ4v) is 3.96. The molecule has 0 radical (unpaired) electrons. The number of anilines is 2. The van der Waals surface area contributed by atoms with Crippen molar-refractivity contribution in [1.82, 2.24) is 10.2 Å². The van der Waals surface area contributed by atoms with Gasteiger partial charge < -0.3 is 10.2 Å². The molecule has 0 bridgehead atoms. The van der Waals surface area contributed by atoms with Crippen LogP contribution in [-0.4, -0.2) is 28.6 Å². The zero-order valence-electron chi connectivity index (χ0n) is 14.7. The van der Waals surface area contributed by atoms with Crippen LogP contribution in [0.2, 0.25) is 5.02 Å². The smallest absolute Gasteiger partial charge is 0.231 e. The van der Waals surface area contributed by atoms with Crippen LogP contribution in [0.4, 0.5) is 10.8 Å². The second kappa shape index (κ2) is 8.14. The van der Waals surface area contributed by atoms with Crippen molar-refractivity contribution < 1.29 is 9.59 Å². The Kier molecular flexibility index (Phi) is 5.88. The fourth-order valence-electron chi connectivity index (χ4n) is 3.00. The lowest BCUT2D eigenvalue weighted by Gasteiger charge is -2.16. The van der Waals surface area contributed by atoms with Crippen LogP contribution < -0.4 is 10.2 Å². The van der Waals surface area contributed by atoms with Crippen molar-refractivity contribution in [2.75, 3.05) is 16.8 Å². The molecule has 1 saturated heterocycles. The summed E-state index contributed by atoms with van der Waals surface area (Å²) in [7, 11) is 0. The summed E-state index contributed by atoms with van der Waals surface area (Å²) in [6.07, 6.45) is 2.30. The number of aromatic nitrogens is 2. The predicted molar refractivity (Wildman–Crippen MR) is 104 cm³/mol. The minimum absolute atomic E-state index is 0.0676. The van der Waals surface area contributed by atoms with Gasteiger partial charge in [-0.25, -0.2) is 0 Å². The number of benzene rings is 1. The molecule has 0 saturated carbocycles. The number of amides is 2. The van der Waals surface area contributed by atoms with Crippen molar-refractivity contribution in [3.8, 4) is 0 Å². The van der Waals surface area contributed by atoms with Crippen molar-refractivity contribution >= 4 is 45.6 Å². The number of nitrogens with one attached hydrogen (secondary N) is 1. The van der Waals surface area contributed by atoms with E-state index in [-0.39, 0.29) is 18.2 Å². The van der Waals surface area contributed by atoms with Gasteiger partial charge in [-0.05, 0) is 30.7 Å². The van der Waals surface area contributed by atoms with Gasteiger partial charge in [-0.1, -0.05) is 43.2 Å². The quantitative estimate of drug-likeness (QED) is 0.803. The van der Waals surface area contributed by atoms with Crippen molar-refractivity contribution in [1.29, 1.82) is 0 Å². The third kappa shape index (κ3) is 4.22. The van der Waals surface area contributed by atoms with Crippen LogP contribution in [0.1, 0.15) is 44.0 Å². The standard InChI is InChI=1S/C18H21ClN4O2S/c1-3-4-11(2)17-21-22-18(26-17)20-16(25)12-9-15(24)23(10-12)14-7-5-13(19)6-8-14/h5-8,11-12H,3-4,9-10H2,1-2H3,(H,20,22,25). The molecule has 0 aliphatic carbocycles. The van der Waals surface area contributed by atoms with Gasteiger partial charge in [0, 0.05) is 29.6 Å². The number of carbonyl (C=O) groups is 2. The first-order valence-corrected chi connectivity index (χ1v) is 9.87. The molecule has 26 heavy (non-hydrogen) atoms. The van der Waals surface area contributed by atoms with Crippen molar-refractivity contribution in [3.05, 3.63) is 34.3 Å². The van der Waals surface area contributed by atoms with Crippen molar-refractivity contribution in [2.45, 2.75) is 39.0 Å². The summed E-state index contributed by atoms with van der Waals surface area (Å²) in [5.74, 6) is -0.335. The Morgan fingerprint density at radius 3 is 2.81 bits per heavy atom. The average molecular weight is 393 g/mol. The number of hydrogen-bond acceptors (Lipinski definition) is 5. The Balaban J connectivity index is 1.62. The first-order chi connectivity index (χ1) is 12.5. The van der Waals surface area contributed by atoms with Gasteiger partial charge in [-0.2, -0.15) is 0 Å². The highest BCUT2D eigenvalue weighted by Crippen LogP contribution is 2.29. The molecular formula is C18H21ClN4O2S. The summed E-state index contributed by atoms with van der Waals surface area (Å²) in [5.41, 5.74) is 0.751. The van der Waals surface area contributed by atoms with Crippen LogP contribution in [-0.2, 0) is 9.59 Å². The Morgan fingerprint density at radius 2 is 2.12 bits per heavy atom. The average Bonchev–Trinajstić information content (AvgIpc) is 3.23. The van der Waals surface area contributed by atoms with Crippen LogP contribution in [0.15, 0.2) is 24.3 Å². The summed E-state index contributed by atoms with van der Waals surface area (Å²) >= 11 is 7.29. The zero-order valence-corrected chi connectivity index (χ0v) is 16.3. The van der Waals surface area contributed by atoms with E-state index in [4.69, 9.17) is 11.6 Å². The van der Waals surface area contributed by atoms with E-state index in [2.05, 4.69) is 29.4 Å². The van der Waals surface area contributed by atoms with Gasteiger partial charge in [0.15, 0.2) is 0 Å². The summed E-state index contributed by atoms with van der Waals surface area (Å²) < 4.78 is 0. The lowest BCUT2D eigenvalue weighted by Crippen LogP contribution is -2.28. The minimum Gasteiger partial charge on any atom is -0.312 e. The van der Waals surface area contributed by atoms with Crippen LogP contribution in [0.3, 0.4) is 0 Å². The number of rotatable bonds is 6.